The van der Waals surface area contributed by atoms with Crippen molar-refractivity contribution in [3.8, 4) is 0 Å². The largest absolute Gasteiger partial charge is 0.303 e. The second kappa shape index (κ2) is 6.09. The topological polar surface area (TPSA) is 54.5 Å². The molecule has 4 heteroatoms. The number of unbranched alkanes of at least 4 members (excludes halogenated alkanes) is 2. The van der Waals surface area contributed by atoms with Crippen LogP contribution in [0, 0.1) is 0 Å². The van der Waals surface area contributed by atoms with Gasteiger partial charge in [-0.2, -0.15) is 0 Å². The number of imide groups is 1. The van der Waals surface area contributed by atoms with Crippen LogP contribution in [0.1, 0.15) is 25.7 Å². The third kappa shape index (κ3) is 2.96. The molecule has 1 aromatic carbocycles. The molecule has 1 aliphatic rings. The number of hydrogen-bond acceptors (Lipinski definition) is 3. The maximum atomic E-state index is 12.1. The van der Waals surface area contributed by atoms with E-state index in [1.165, 1.54) is 4.90 Å². The molecule has 4 nitrogen and oxygen atoms in total. The van der Waals surface area contributed by atoms with Gasteiger partial charge in [0, 0.05) is 12.0 Å². The van der Waals surface area contributed by atoms with E-state index in [2.05, 4.69) is 0 Å². The summed E-state index contributed by atoms with van der Waals surface area (Å²) < 4.78 is 0. The van der Waals surface area contributed by atoms with Gasteiger partial charge in [0.15, 0.2) is 0 Å². The highest BCUT2D eigenvalue weighted by molar-refractivity contribution is 6.28. The zero-order valence-corrected chi connectivity index (χ0v) is 10.5. The summed E-state index contributed by atoms with van der Waals surface area (Å²) in [5.74, 6) is -0.444. The highest BCUT2D eigenvalue weighted by atomic mass is 16.2. The van der Waals surface area contributed by atoms with Crippen LogP contribution in [0.2, 0.25) is 0 Å². The summed E-state index contributed by atoms with van der Waals surface area (Å²) in [5, 5.41) is 0. The van der Waals surface area contributed by atoms with Crippen LogP contribution in [-0.4, -0.2) is 18.1 Å². The summed E-state index contributed by atoms with van der Waals surface area (Å²) in [6, 6.07) is 8.91. The standard InChI is InChI=1S/C15H15NO3/c17-10-6-2-3-7-12-11-14(18)16(15(12)19)13-8-4-1-5-9-13/h1,4-5,7-10H,2-3,6,11H2/b12-7-. The predicted molar refractivity (Wildman–Crippen MR) is 71.6 cm³/mol. The maximum absolute atomic E-state index is 12.1. The Kier molecular flexibility index (Phi) is 4.23. The van der Waals surface area contributed by atoms with Crippen molar-refractivity contribution in [1.82, 2.24) is 0 Å². The molecule has 0 radical (unpaired) electrons. The molecule has 2 amide bonds. The maximum Gasteiger partial charge on any atom is 0.261 e. The Morgan fingerprint density at radius 2 is 1.84 bits per heavy atom. The number of para-hydroxylation sites is 1. The number of hydrogen-bond donors (Lipinski definition) is 0. The number of aldehydes is 1. The van der Waals surface area contributed by atoms with Gasteiger partial charge in [0.05, 0.1) is 12.1 Å². The average molecular weight is 257 g/mol. The van der Waals surface area contributed by atoms with Gasteiger partial charge < -0.3 is 4.79 Å². The molecule has 1 fully saturated rings. The second-order valence-electron chi connectivity index (χ2n) is 4.37. The Bertz CT molecular complexity index is 519. The smallest absolute Gasteiger partial charge is 0.261 e. The molecule has 1 saturated heterocycles. The Morgan fingerprint density at radius 3 is 2.53 bits per heavy atom. The summed E-state index contributed by atoms with van der Waals surface area (Å²) in [4.78, 5) is 35.5. The molecular weight excluding hydrogens is 242 g/mol. The molecule has 0 N–H and O–H groups in total. The molecule has 0 saturated carbocycles. The summed E-state index contributed by atoms with van der Waals surface area (Å²) in [6.07, 6.45) is 4.61. The highest BCUT2D eigenvalue weighted by Crippen LogP contribution is 2.26. The molecule has 0 aliphatic carbocycles. The molecule has 1 aliphatic heterocycles. The van der Waals surface area contributed by atoms with Crippen LogP contribution in [0.5, 0.6) is 0 Å². The normalized spacial score (nSPS) is 17.3. The lowest BCUT2D eigenvalue weighted by molar-refractivity contribution is -0.120. The number of rotatable bonds is 5. The van der Waals surface area contributed by atoms with Crippen LogP contribution in [0.25, 0.3) is 0 Å². The second-order valence-corrected chi connectivity index (χ2v) is 4.37. The van der Waals surface area contributed by atoms with Crippen LogP contribution >= 0.6 is 0 Å². The molecule has 19 heavy (non-hydrogen) atoms. The molecule has 0 atom stereocenters. The predicted octanol–water partition coefficient (Wildman–Crippen LogP) is 2.25. The van der Waals surface area contributed by atoms with E-state index in [1.807, 2.05) is 6.07 Å². The summed E-state index contributed by atoms with van der Waals surface area (Å²) in [5.41, 5.74) is 1.13. The minimum atomic E-state index is -0.248. The number of amides is 2. The van der Waals surface area contributed by atoms with E-state index in [0.29, 0.717) is 30.5 Å². The summed E-state index contributed by atoms with van der Waals surface area (Å²) in [6.45, 7) is 0. The number of carbonyl (C=O) groups excluding carboxylic acids is 3. The molecule has 2 rings (SSSR count). The lowest BCUT2D eigenvalue weighted by Crippen LogP contribution is -2.28. The van der Waals surface area contributed by atoms with Gasteiger partial charge >= 0.3 is 0 Å². The monoisotopic (exact) mass is 257 g/mol. The van der Waals surface area contributed by atoms with E-state index in [0.717, 1.165) is 6.29 Å². The molecule has 0 spiro atoms. The Balaban J connectivity index is 2.11. The lowest BCUT2D eigenvalue weighted by Gasteiger charge is -2.12. The first-order valence-corrected chi connectivity index (χ1v) is 6.29. The molecule has 98 valence electrons. The first kappa shape index (κ1) is 13.2. The molecule has 0 aromatic heterocycles. The Morgan fingerprint density at radius 1 is 1.11 bits per heavy atom. The van der Waals surface area contributed by atoms with Crippen LogP contribution in [0.4, 0.5) is 5.69 Å². The number of carbonyl (C=O) groups is 3. The van der Waals surface area contributed by atoms with E-state index < -0.39 is 0 Å². The molecule has 0 bridgehead atoms. The zero-order chi connectivity index (χ0) is 13.7. The van der Waals surface area contributed by atoms with E-state index in [-0.39, 0.29) is 18.2 Å². The van der Waals surface area contributed by atoms with Gasteiger partial charge in [-0.15, -0.1) is 0 Å². The van der Waals surface area contributed by atoms with E-state index in [9.17, 15) is 14.4 Å². The lowest BCUT2D eigenvalue weighted by atomic mass is 10.1. The van der Waals surface area contributed by atoms with Gasteiger partial charge in [-0.05, 0) is 25.0 Å². The molecule has 0 unspecified atom stereocenters. The third-order valence-corrected chi connectivity index (χ3v) is 3.00. The Labute approximate surface area is 111 Å². The fourth-order valence-electron chi connectivity index (χ4n) is 2.05. The van der Waals surface area contributed by atoms with Crippen molar-refractivity contribution >= 4 is 23.8 Å². The van der Waals surface area contributed by atoms with Crippen molar-refractivity contribution < 1.29 is 14.4 Å². The van der Waals surface area contributed by atoms with Crippen molar-refractivity contribution in [2.45, 2.75) is 25.7 Å². The minimum absolute atomic E-state index is 0.148. The van der Waals surface area contributed by atoms with Crippen molar-refractivity contribution in [2.24, 2.45) is 0 Å². The third-order valence-electron chi connectivity index (χ3n) is 3.00. The number of nitrogens with zero attached hydrogens (tertiary/aromatic N) is 1. The zero-order valence-electron chi connectivity index (χ0n) is 10.5. The SMILES string of the molecule is O=CCCC/C=C1/CC(=O)N(c2ccccc2)C1=O. The van der Waals surface area contributed by atoms with E-state index >= 15 is 0 Å². The first-order chi connectivity index (χ1) is 9.24. The fourth-order valence-corrected chi connectivity index (χ4v) is 2.05. The van der Waals surface area contributed by atoms with E-state index in [4.69, 9.17) is 0 Å². The highest BCUT2D eigenvalue weighted by Gasteiger charge is 2.34. The van der Waals surface area contributed by atoms with Gasteiger partial charge in [-0.25, -0.2) is 4.90 Å². The van der Waals surface area contributed by atoms with Gasteiger partial charge in [0.2, 0.25) is 5.91 Å². The molecular formula is C15H15NO3. The van der Waals surface area contributed by atoms with Gasteiger partial charge in [-0.1, -0.05) is 24.3 Å². The van der Waals surface area contributed by atoms with Crippen LogP contribution < -0.4 is 4.90 Å². The Hall–Kier alpha value is -2.23. The van der Waals surface area contributed by atoms with Crippen molar-refractivity contribution in [3.63, 3.8) is 0 Å². The summed E-state index contributed by atoms with van der Waals surface area (Å²) in [7, 11) is 0. The number of anilines is 1. The van der Waals surface area contributed by atoms with Crippen molar-refractivity contribution in [3.05, 3.63) is 42.0 Å². The fraction of sp³-hybridized carbons (Fsp3) is 0.267. The van der Waals surface area contributed by atoms with Gasteiger partial charge in [-0.3, -0.25) is 9.59 Å². The van der Waals surface area contributed by atoms with Crippen molar-refractivity contribution in [2.75, 3.05) is 4.90 Å². The number of benzene rings is 1. The van der Waals surface area contributed by atoms with Crippen LogP contribution in [0.3, 0.4) is 0 Å². The average Bonchev–Trinajstić information content (AvgIpc) is 2.71. The van der Waals surface area contributed by atoms with Gasteiger partial charge in [0.25, 0.3) is 5.91 Å². The first-order valence-electron chi connectivity index (χ1n) is 6.29. The van der Waals surface area contributed by atoms with Gasteiger partial charge in [0.1, 0.15) is 6.29 Å². The van der Waals surface area contributed by atoms with Crippen molar-refractivity contribution in [1.29, 1.82) is 0 Å². The number of allylic oxidation sites excluding steroid dienone is 1. The molecule has 1 aromatic rings. The molecule has 1 heterocycles. The van der Waals surface area contributed by atoms with E-state index in [1.54, 1.807) is 30.3 Å². The minimum Gasteiger partial charge on any atom is -0.303 e. The quantitative estimate of drug-likeness (QED) is 0.352. The summed E-state index contributed by atoms with van der Waals surface area (Å²) >= 11 is 0. The van der Waals surface area contributed by atoms with Crippen LogP contribution in [0.15, 0.2) is 42.0 Å². The van der Waals surface area contributed by atoms with Crippen LogP contribution in [-0.2, 0) is 14.4 Å².